The van der Waals surface area contributed by atoms with Gasteiger partial charge in [-0.25, -0.2) is 4.68 Å². The fourth-order valence-electron chi connectivity index (χ4n) is 2.81. The van der Waals surface area contributed by atoms with Gasteiger partial charge in [0.1, 0.15) is 0 Å². The summed E-state index contributed by atoms with van der Waals surface area (Å²) in [5.41, 5.74) is 6.71. The molecule has 0 unspecified atom stereocenters. The molecular formula is C15H17N5O2. The molecule has 7 nitrogen and oxygen atoms in total. The molecule has 0 bridgehead atoms. The van der Waals surface area contributed by atoms with Crippen molar-refractivity contribution in [1.82, 2.24) is 19.9 Å². The standard InChI is InChI=1S/C15H17N5O2/c1-10-8-19(9-13(10)14(16)21)15(22)11-3-2-4-12(7-11)20-6-5-17-18-20/h2-7,10,13H,8-9H2,1H3,(H2,16,21)/t10-,13-/m1/s1. The van der Waals surface area contributed by atoms with Crippen LogP contribution in [0.25, 0.3) is 5.69 Å². The minimum atomic E-state index is -0.348. The van der Waals surface area contributed by atoms with Crippen molar-refractivity contribution in [2.75, 3.05) is 13.1 Å². The van der Waals surface area contributed by atoms with Gasteiger partial charge in [-0.3, -0.25) is 9.59 Å². The number of nitrogens with two attached hydrogens (primary N) is 1. The van der Waals surface area contributed by atoms with Gasteiger partial charge in [-0.1, -0.05) is 18.2 Å². The number of nitrogens with zero attached hydrogens (tertiary/aromatic N) is 4. The van der Waals surface area contributed by atoms with E-state index in [4.69, 9.17) is 5.73 Å². The van der Waals surface area contributed by atoms with Crippen LogP contribution in [-0.2, 0) is 4.79 Å². The highest BCUT2D eigenvalue weighted by Gasteiger charge is 2.36. The van der Waals surface area contributed by atoms with Crippen molar-refractivity contribution >= 4 is 11.8 Å². The molecule has 2 atom stereocenters. The number of rotatable bonds is 3. The first kappa shape index (κ1) is 14.2. The maximum Gasteiger partial charge on any atom is 0.253 e. The Kier molecular flexibility index (Phi) is 3.62. The highest BCUT2D eigenvalue weighted by Crippen LogP contribution is 2.24. The van der Waals surface area contributed by atoms with Gasteiger partial charge in [-0.15, -0.1) is 5.10 Å². The summed E-state index contributed by atoms with van der Waals surface area (Å²) in [4.78, 5) is 25.7. The van der Waals surface area contributed by atoms with Gasteiger partial charge in [-0.2, -0.15) is 0 Å². The largest absolute Gasteiger partial charge is 0.369 e. The van der Waals surface area contributed by atoms with Crippen molar-refractivity contribution in [2.45, 2.75) is 6.92 Å². The topological polar surface area (TPSA) is 94.1 Å². The molecule has 2 amide bonds. The first-order valence-electron chi connectivity index (χ1n) is 7.11. The first-order chi connectivity index (χ1) is 10.6. The van der Waals surface area contributed by atoms with E-state index in [0.29, 0.717) is 18.7 Å². The summed E-state index contributed by atoms with van der Waals surface area (Å²) in [6, 6.07) is 7.17. The highest BCUT2D eigenvalue weighted by atomic mass is 16.2. The molecule has 1 aromatic heterocycles. The SMILES string of the molecule is C[C@@H]1CN(C(=O)c2cccc(-n3ccnn3)c2)C[C@H]1C(N)=O. The highest BCUT2D eigenvalue weighted by molar-refractivity contribution is 5.95. The molecule has 1 aromatic carbocycles. The van der Waals surface area contributed by atoms with Crippen molar-refractivity contribution in [3.8, 4) is 5.69 Å². The van der Waals surface area contributed by atoms with Gasteiger partial charge in [-0.05, 0) is 24.1 Å². The Morgan fingerprint density at radius 2 is 2.14 bits per heavy atom. The molecular weight excluding hydrogens is 282 g/mol. The summed E-state index contributed by atoms with van der Waals surface area (Å²) < 4.78 is 1.59. The third kappa shape index (κ3) is 2.57. The quantitative estimate of drug-likeness (QED) is 0.891. The lowest BCUT2D eigenvalue weighted by molar-refractivity contribution is -0.122. The second-order valence-electron chi connectivity index (χ2n) is 5.59. The van der Waals surface area contributed by atoms with Crippen LogP contribution in [0.1, 0.15) is 17.3 Å². The van der Waals surface area contributed by atoms with Gasteiger partial charge in [0.05, 0.1) is 24.0 Å². The van der Waals surface area contributed by atoms with E-state index in [1.54, 1.807) is 40.2 Å². The summed E-state index contributed by atoms with van der Waals surface area (Å²) in [7, 11) is 0. The van der Waals surface area contributed by atoms with Crippen molar-refractivity contribution < 1.29 is 9.59 Å². The molecule has 3 rings (SSSR count). The van der Waals surface area contributed by atoms with Crippen LogP contribution >= 0.6 is 0 Å². The van der Waals surface area contributed by atoms with Crippen LogP contribution in [0.15, 0.2) is 36.7 Å². The molecule has 7 heteroatoms. The lowest BCUT2D eigenvalue weighted by atomic mass is 9.98. The van der Waals surface area contributed by atoms with Gasteiger partial charge in [0.2, 0.25) is 5.91 Å². The molecule has 0 saturated carbocycles. The van der Waals surface area contributed by atoms with Crippen LogP contribution in [0.5, 0.6) is 0 Å². The first-order valence-corrected chi connectivity index (χ1v) is 7.11. The zero-order chi connectivity index (χ0) is 15.7. The predicted octanol–water partition coefficient (Wildman–Crippen LogP) is 0.461. The lowest BCUT2D eigenvalue weighted by Crippen LogP contribution is -2.32. The lowest BCUT2D eigenvalue weighted by Gasteiger charge is -2.16. The van der Waals surface area contributed by atoms with Crippen LogP contribution in [0.3, 0.4) is 0 Å². The van der Waals surface area contributed by atoms with Gasteiger partial charge in [0.15, 0.2) is 0 Å². The molecule has 1 aliphatic heterocycles. The summed E-state index contributed by atoms with van der Waals surface area (Å²) >= 11 is 0. The molecule has 1 saturated heterocycles. The number of hydrogen-bond donors (Lipinski definition) is 1. The molecule has 22 heavy (non-hydrogen) atoms. The van der Waals surface area contributed by atoms with Gasteiger partial charge in [0.25, 0.3) is 5.91 Å². The van der Waals surface area contributed by atoms with E-state index in [0.717, 1.165) is 5.69 Å². The zero-order valence-corrected chi connectivity index (χ0v) is 12.2. The van der Waals surface area contributed by atoms with E-state index < -0.39 is 0 Å². The Hall–Kier alpha value is -2.70. The summed E-state index contributed by atoms with van der Waals surface area (Å²) in [5, 5.41) is 7.67. The number of hydrogen-bond acceptors (Lipinski definition) is 4. The number of benzene rings is 1. The molecule has 2 aromatic rings. The fourth-order valence-corrected chi connectivity index (χ4v) is 2.81. The number of aromatic nitrogens is 3. The van der Waals surface area contributed by atoms with Crippen LogP contribution in [0, 0.1) is 11.8 Å². The second-order valence-corrected chi connectivity index (χ2v) is 5.59. The smallest absolute Gasteiger partial charge is 0.253 e. The monoisotopic (exact) mass is 299 g/mol. The average molecular weight is 299 g/mol. The number of primary amides is 1. The Morgan fingerprint density at radius 3 is 2.77 bits per heavy atom. The maximum atomic E-state index is 12.6. The van der Waals surface area contributed by atoms with E-state index in [1.165, 1.54) is 0 Å². The predicted molar refractivity (Wildman–Crippen MR) is 79.1 cm³/mol. The zero-order valence-electron chi connectivity index (χ0n) is 12.2. The Morgan fingerprint density at radius 1 is 1.32 bits per heavy atom. The van der Waals surface area contributed by atoms with Crippen LogP contribution < -0.4 is 5.73 Å². The van der Waals surface area contributed by atoms with Gasteiger partial charge < -0.3 is 10.6 Å². The van der Waals surface area contributed by atoms with E-state index in [-0.39, 0.29) is 23.7 Å². The molecule has 0 spiro atoms. The average Bonchev–Trinajstić information content (AvgIpc) is 3.16. The van der Waals surface area contributed by atoms with Crippen molar-refractivity contribution in [3.63, 3.8) is 0 Å². The minimum absolute atomic E-state index is 0.0833. The molecule has 2 N–H and O–H groups in total. The second kappa shape index (κ2) is 5.59. The molecule has 0 radical (unpaired) electrons. The Balaban J connectivity index is 1.81. The van der Waals surface area contributed by atoms with Crippen molar-refractivity contribution in [2.24, 2.45) is 17.6 Å². The summed E-state index contributed by atoms with van der Waals surface area (Å²) in [6.07, 6.45) is 3.29. The number of carbonyl (C=O) groups is 2. The van der Waals surface area contributed by atoms with Crippen LogP contribution in [-0.4, -0.2) is 44.8 Å². The van der Waals surface area contributed by atoms with Crippen molar-refractivity contribution in [3.05, 3.63) is 42.2 Å². The van der Waals surface area contributed by atoms with E-state index in [9.17, 15) is 9.59 Å². The van der Waals surface area contributed by atoms with Gasteiger partial charge in [0, 0.05) is 18.7 Å². The fraction of sp³-hybridized carbons (Fsp3) is 0.333. The van der Waals surface area contributed by atoms with Crippen LogP contribution in [0.2, 0.25) is 0 Å². The number of amides is 2. The molecule has 1 aliphatic rings. The van der Waals surface area contributed by atoms with Crippen LogP contribution in [0.4, 0.5) is 0 Å². The molecule has 1 fully saturated rings. The third-order valence-corrected chi connectivity index (χ3v) is 4.05. The molecule has 2 heterocycles. The minimum Gasteiger partial charge on any atom is -0.369 e. The third-order valence-electron chi connectivity index (χ3n) is 4.05. The number of likely N-dealkylation sites (tertiary alicyclic amines) is 1. The van der Waals surface area contributed by atoms with E-state index >= 15 is 0 Å². The van der Waals surface area contributed by atoms with Gasteiger partial charge >= 0.3 is 0 Å². The summed E-state index contributed by atoms with van der Waals surface area (Å²) in [6.45, 7) is 2.86. The van der Waals surface area contributed by atoms with E-state index in [2.05, 4.69) is 10.3 Å². The Labute approximate surface area is 127 Å². The van der Waals surface area contributed by atoms with Crippen molar-refractivity contribution in [1.29, 1.82) is 0 Å². The molecule has 114 valence electrons. The normalized spacial score (nSPS) is 21.0. The Bertz CT molecular complexity index is 698. The number of carbonyl (C=O) groups excluding carboxylic acids is 2. The molecule has 0 aliphatic carbocycles. The van der Waals surface area contributed by atoms with E-state index in [1.807, 2.05) is 13.0 Å². The maximum absolute atomic E-state index is 12.6. The summed E-state index contributed by atoms with van der Waals surface area (Å²) in [5.74, 6) is -0.640.